The van der Waals surface area contributed by atoms with Crippen LogP contribution in [0.2, 0.25) is 0 Å². The molecule has 0 aromatic heterocycles. The first-order valence-corrected chi connectivity index (χ1v) is 8.40. The number of ether oxygens (including phenoxy) is 1. The minimum absolute atomic E-state index is 0.152. The van der Waals surface area contributed by atoms with Crippen LogP contribution in [0.3, 0.4) is 0 Å². The monoisotopic (exact) mass is 341 g/mol. The maximum Gasteiger partial charge on any atom is 0.328 e. The fourth-order valence-electron chi connectivity index (χ4n) is 2.31. The number of hydrogen-bond acceptors (Lipinski definition) is 4. The maximum atomic E-state index is 12.4. The van der Waals surface area contributed by atoms with E-state index in [1.165, 1.54) is 0 Å². The van der Waals surface area contributed by atoms with Gasteiger partial charge in [0.2, 0.25) is 0 Å². The number of benzene rings is 2. The summed E-state index contributed by atoms with van der Waals surface area (Å²) in [5.41, 5.74) is 1.31. The van der Waals surface area contributed by atoms with E-state index >= 15 is 0 Å². The number of carbonyl (C=O) groups is 2. The highest BCUT2D eigenvalue weighted by Crippen LogP contribution is 2.12. The van der Waals surface area contributed by atoms with Crippen molar-refractivity contribution >= 4 is 11.9 Å². The number of unbranched alkanes of at least 4 members (excludes halogenated alkanes) is 1. The summed E-state index contributed by atoms with van der Waals surface area (Å²) < 4.78 is 5.27. The summed E-state index contributed by atoms with van der Waals surface area (Å²) in [6.07, 6.45) is 2.00. The predicted molar refractivity (Wildman–Crippen MR) is 95.4 cm³/mol. The molecular formula is C20H23NO4. The molecule has 5 nitrogen and oxygen atoms in total. The normalized spacial score (nSPS) is 11.6. The zero-order valence-electron chi connectivity index (χ0n) is 14.3. The highest BCUT2D eigenvalue weighted by atomic mass is 16.5. The van der Waals surface area contributed by atoms with Gasteiger partial charge in [-0.15, -0.1) is 0 Å². The van der Waals surface area contributed by atoms with Crippen LogP contribution in [-0.4, -0.2) is 29.6 Å². The van der Waals surface area contributed by atoms with Gasteiger partial charge >= 0.3 is 5.97 Å². The van der Waals surface area contributed by atoms with Gasteiger partial charge in [-0.1, -0.05) is 43.7 Å². The van der Waals surface area contributed by atoms with Crippen molar-refractivity contribution in [2.45, 2.75) is 32.2 Å². The van der Waals surface area contributed by atoms with E-state index < -0.39 is 12.0 Å². The number of nitrogens with one attached hydrogen (secondary N) is 1. The van der Waals surface area contributed by atoms with E-state index in [9.17, 15) is 14.7 Å². The molecule has 0 aliphatic carbocycles. The molecule has 5 heteroatoms. The molecule has 0 fully saturated rings. The summed E-state index contributed by atoms with van der Waals surface area (Å²) >= 11 is 0. The van der Waals surface area contributed by atoms with Gasteiger partial charge in [0, 0.05) is 12.0 Å². The van der Waals surface area contributed by atoms with E-state index in [0.29, 0.717) is 18.6 Å². The number of esters is 1. The predicted octanol–water partition coefficient (Wildman–Crippen LogP) is 3.08. The third kappa shape index (κ3) is 5.95. The van der Waals surface area contributed by atoms with Crippen LogP contribution in [0.15, 0.2) is 54.6 Å². The lowest BCUT2D eigenvalue weighted by atomic mass is 10.1. The number of rotatable bonds is 8. The Bertz CT molecular complexity index is 683. The van der Waals surface area contributed by atoms with Gasteiger partial charge in [0.15, 0.2) is 0 Å². The Morgan fingerprint density at radius 1 is 1.08 bits per heavy atom. The molecule has 0 aliphatic rings. The number of carbonyl (C=O) groups excluding carboxylic acids is 2. The van der Waals surface area contributed by atoms with Gasteiger partial charge in [0.25, 0.3) is 5.91 Å². The van der Waals surface area contributed by atoms with E-state index in [1.54, 1.807) is 48.5 Å². The van der Waals surface area contributed by atoms with Crippen molar-refractivity contribution in [3.63, 3.8) is 0 Å². The van der Waals surface area contributed by atoms with E-state index in [0.717, 1.165) is 18.4 Å². The second-order valence-electron chi connectivity index (χ2n) is 5.78. The molecular weight excluding hydrogens is 318 g/mol. The first-order chi connectivity index (χ1) is 12.1. The Morgan fingerprint density at radius 3 is 2.40 bits per heavy atom. The molecule has 0 unspecified atom stereocenters. The lowest BCUT2D eigenvalue weighted by Crippen LogP contribution is -2.43. The van der Waals surface area contributed by atoms with E-state index in [2.05, 4.69) is 5.32 Å². The average molecular weight is 341 g/mol. The van der Waals surface area contributed by atoms with Gasteiger partial charge in [0.05, 0.1) is 6.61 Å². The lowest BCUT2D eigenvalue weighted by Gasteiger charge is -2.18. The Balaban J connectivity index is 2.09. The quantitative estimate of drug-likeness (QED) is 0.571. The first-order valence-electron chi connectivity index (χ1n) is 8.40. The third-order valence-electron chi connectivity index (χ3n) is 3.74. The Kier molecular flexibility index (Phi) is 7.01. The number of amides is 1. The van der Waals surface area contributed by atoms with Crippen molar-refractivity contribution in [2.75, 3.05) is 6.61 Å². The Morgan fingerprint density at radius 2 is 1.76 bits per heavy atom. The zero-order chi connectivity index (χ0) is 18.1. The van der Waals surface area contributed by atoms with Crippen LogP contribution < -0.4 is 5.32 Å². The minimum Gasteiger partial charge on any atom is -0.508 e. The Hall–Kier alpha value is -2.82. The van der Waals surface area contributed by atoms with E-state index in [1.807, 2.05) is 13.0 Å². The van der Waals surface area contributed by atoms with Crippen LogP contribution in [-0.2, 0) is 16.0 Å². The molecule has 2 rings (SSSR count). The average Bonchev–Trinajstić information content (AvgIpc) is 2.63. The van der Waals surface area contributed by atoms with Crippen molar-refractivity contribution < 1.29 is 19.4 Å². The summed E-state index contributed by atoms with van der Waals surface area (Å²) in [7, 11) is 0. The van der Waals surface area contributed by atoms with Gasteiger partial charge < -0.3 is 15.2 Å². The van der Waals surface area contributed by atoms with Gasteiger partial charge in [-0.05, 0) is 36.2 Å². The molecule has 0 heterocycles. The van der Waals surface area contributed by atoms with Crippen LogP contribution in [0, 0.1) is 0 Å². The van der Waals surface area contributed by atoms with Crippen LogP contribution in [0.4, 0.5) is 0 Å². The number of aromatic hydroxyl groups is 1. The summed E-state index contributed by atoms with van der Waals surface area (Å²) in [6.45, 7) is 2.35. The molecule has 0 spiro atoms. The van der Waals surface area contributed by atoms with Crippen molar-refractivity contribution in [1.29, 1.82) is 0 Å². The highest BCUT2D eigenvalue weighted by molar-refractivity contribution is 5.96. The fourth-order valence-corrected chi connectivity index (χ4v) is 2.31. The summed E-state index contributed by atoms with van der Waals surface area (Å²) in [4.78, 5) is 24.7. The Labute approximate surface area is 147 Å². The summed E-state index contributed by atoms with van der Waals surface area (Å²) in [6, 6.07) is 14.5. The smallest absolute Gasteiger partial charge is 0.328 e. The SMILES string of the molecule is CCCCOC(=O)[C@H](Cc1ccc(O)cc1)NC(=O)c1ccccc1. The molecule has 1 amide bonds. The molecule has 2 aromatic rings. The first kappa shape index (κ1) is 18.5. The fraction of sp³-hybridized carbons (Fsp3) is 0.300. The third-order valence-corrected chi connectivity index (χ3v) is 3.74. The van der Waals surface area contributed by atoms with Gasteiger partial charge in [-0.25, -0.2) is 4.79 Å². The van der Waals surface area contributed by atoms with Gasteiger partial charge in [-0.3, -0.25) is 4.79 Å². The summed E-state index contributed by atoms with van der Waals surface area (Å²) in [5, 5.41) is 12.1. The van der Waals surface area contributed by atoms with Crippen molar-refractivity contribution in [2.24, 2.45) is 0 Å². The van der Waals surface area contributed by atoms with Crippen LogP contribution in [0.1, 0.15) is 35.7 Å². The van der Waals surface area contributed by atoms with Crippen molar-refractivity contribution in [3.8, 4) is 5.75 Å². The number of phenols is 1. The topological polar surface area (TPSA) is 75.6 Å². The van der Waals surface area contributed by atoms with Gasteiger partial charge in [0.1, 0.15) is 11.8 Å². The second-order valence-corrected chi connectivity index (χ2v) is 5.78. The van der Waals surface area contributed by atoms with Crippen molar-refractivity contribution in [1.82, 2.24) is 5.32 Å². The molecule has 0 saturated carbocycles. The molecule has 2 aromatic carbocycles. The molecule has 25 heavy (non-hydrogen) atoms. The molecule has 0 aliphatic heterocycles. The highest BCUT2D eigenvalue weighted by Gasteiger charge is 2.23. The van der Waals surface area contributed by atoms with E-state index in [-0.39, 0.29) is 11.7 Å². The standard InChI is InChI=1S/C20H23NO4/c1-2-3-13-25-20(24)18(14-15-9-11-17(22)12-10-15)21-19(23)16-7-5-4-6-8-16/h4-12,18,22H,2-3,13-14H2,1H3,(H,21,23)/t18-/m0/s1. The van der Waals surface area contributed by atoms with Crippen LogP contribution >= 0.6 is 0 Å². The van der Waals surface area contributed by atoms with Crippen LogP contribution in [0.5, 0.6) is 5.75 Å². The zero-order valence-corrected chi connectivity index (χ0v) is 14.3. The molecule has 2 N–H and O–H groups in total. The summed E-state index contributed by atoms with van der Waals surface area (Å²) in [5.74, 6) is -0.623. The molecule has 1 atom stereocenters. The molecule has 0 bridgehead atoms. The van der Waals surface area contributed by atoms with E-state index in [4.69, 9.17) is 4.74 Å². The number of phenolic OH excluding ortho intramolecular Hbond substituents is 1. The molecule has 0 saturated heterocycles. The lowest BCUT2D eigenvalue weighted by molar-refractivity contribution is -0.146. The number of hydrogen-bond donors (Lipinski definition) is 2. The largest absolute Gasteiger partial charge is 0.508 e. The van der Waals surface area contributed by atoms with Crippen LogP contribution in [0.25, 0.3) is 0 Å². The van der Waals surface area contributed by atoms with Crippen molar-refractivity contribution in [3.05, 3.63) is 65.7 Å². The molecule has 132 valence electrons. The van der Waals surface area contributed by atoms with Gasteiger partial charge in [-0.2, -0.15) is 0 Å². The minimum atomic E-state index is -0.783. The second kappa shape index (κ2) is 9.47. The molecule has 0 radical (unpaired) electrons. The maximum absolute atomic E-state index is 12.4.